The molecule has 1 aromatic heterocycles. The Kier molecular flexibility index (Phi) is 2.55. The highest BCUT2D eigenvalue weighted by Gasteiger charge is 2.22. The smallest absolute Gasteiger partial charge is 0.319 e. The number of pyridine rings is 1. The van der Waals surface area contributed by atoms with Gasteiger partial charge >= 0.3 is 6.03 Å². The molecule has 6 nitrogen and oxygen atoms in total. The molecule has 2 rings (SSSR count). The fraction of sp³-hybridized carbons (Fsp3) is 0.100. The number of hydrogen-bond acceptors (Lipinski definition) is 3. The molecular weight excluding hydrogens is 208 g/mol. The first-order valence-electron chi connectivity index (χ1n) is 4.56. The molecular formula is C10H8N4O2. The van der Waals surface area contributed by atoms with Crippen molar-refractivity contribution in [3.8, 4) is 0 Å². The van der Waals surface area contributed by atoms with Gasteiger partial charge in [-0.2, -0.15) is 9.98 Å². The van der Waals surface area contributed by atoms with Crippen molar-refractivity contribution in [1.82, 2.24) is 4.98 Å². The third-order valence-corrected chi connectivity index (χ3v) is 1.95. The van der Waals surface area contributed by atoms with E-state index in [1.807, 2.05) is 0 Å². The van der Waals surface area contributed by atoms with Gasteiger partial charge in [0.1, 0.15) is 0 Å². The zero-order valence-corrected chi connectivity index (χ0v) is 8.47. The van der Waals surface area contributed by atoms with Crippen LogP contribution in [0.25, 0.3) is 0 Å². The van der Waals surface area contributed by atoms with Crippen molar-refractivity contribution in [3.05, 3.63) is 24.5 Å². The molecule has 1 aromatic rings. The van der Waals surface area contributed by atoms with Crippen LogP contribution in [0.4, 0.5) is 10.5 Å². The topological polar surface area (TPSA) is 83.8 Å². The lowest BCUT2D eigenvalue weighted by atomic mass is 10.2. The Morgan fingerprint density at radius 2 is 2.19 bits per heavy atom. The Morgan fingerprint density at radius 3 is 2.75 bits per heavy atom. The van der Waals surface area contributed by atoms with Gasteiger partial charge in [0.2, 0.25) is 0 Å². The summed E-state index contributed by atoms with van der Waals surface area (Å²) in [7, 11) is 0. The van der Waals surface area contributed by atoms with Gasteiger partial charge in [-0.25, -0.2) is 4.79 Å². The second kappa shape index (κ2) is 4.01. The Labute approximate surface area is 91.1 Å². The van der Waals surface area contributed by atoms with E-state index in [2.05, 4.69) is 20.3 Å². The number of urea groups is 1. The molecule has 0 aliphatic carbocycles. The first kappa shape index (κ1) is 10.2. The van der Waals surface area contributed by atoms with E-state index >= 15 is 0 Å². The van der Waals surface area contributed by atoms with Gasteiger partial charge in [0.15, 0.2) is 5.71 Å². The summed E-state index contributed by atoms with van der Waals surface area (Å²) in [6, 6.07) is 2.74. The first-order valence-corrected chi connectivity index (χ1v) is 4.56. The molecule has 1 aliphatic rings. The van der Waals surface area contributed by atoms with E-state index in [1.165, 1.54) is 6.20 Å². The third kappa shape index (κ3) is 2.00. The highest BCUT2D eigenvalue weighted by atomic mass is 16.2. The van der Waals surface area contributed by atoms with Crippen LogP contribution in [0.2, 0.25) is 0 Å². The molecule has 0 fully saturated rings. The van der Waals surface area contributed by atoms with Gasteiger partial charge in [0.25, 0.3) is 5.91 Å². The SMILES string of the molecule is CC1=NC(=O)N=C1C(=O)Nc1cccnc1. The van der Waals surface area contributed by atoms with Gasteiger partial charge in [-0.3, -0.25) is 9.78 Å². The van der Waals surface area contributed by atoms with Crippen LogP contribution in [0, 0.1) is 0 Å². The van der Waals surface area contributed by atoms with Crippen molar-refractivity contribution in [2.24, 2.45) is 9.98 Å². The van der Waals surface area contributed by atoms with E-state index in [9.17, 15) is 9.59 Å². The number of hydrogen-bond donors (Lipinski definition) is 1. The summed E-state index contributed by atoms with van der Waals surface area (Å²) in [5.74, 6) is -0.458. The lowest BCUT2D eigenvalue weighted by molar-refractivity contribution is -0.110. The van der Waals surface area contributed by atoms with E-state index in [0.29, 0.717) is 11.4 Å². The Balaban J connectivity index is 2.14. The second-order valence-corrected chi connectivity index (χ2v) is 3.14. The number of rotatable bonds is 2. The van der Waals surface area contributed by atoms with Crippen molar-refractivity contribution in [2.75, 3.05) is 5.32 Å². The molecule has 0 bridgehead atoms. The van der Waals surface area contributed by atoms with E-state index in [0.717, 1.165) is 0 Å². The lowest BCUT2D eigenvalue weighted by Crippen LogP contribution is -2.26. The molecule has 1 aliphatic heterocycles. The zero-order valence-electron chi connectivity index (χ0n) is 8.47. The quantitative estimate of drug-likeness (QED) is 0.802. The number of aromatic nitrogens is 1. The van der Waals surface area contributed by atoms with Crippen LogP contribution < -0.4 is 5.32 Å². The zero-order chi connectivity index (χ0) is 11.5. The number of nitrogens with zero attached hydrogens (tertiary/aromatic N) is 3. The summed E-state index contributed by atoms with van der Waals surface area (Å²) in [5, 5.41) is 2.57. The van der Waals surface area contributed by atoms with Gasteiger partial charge < -0.3 is 5.32 Å². The molecule has 1 N–H and O–H groups in total. The minimum atomic E-state index is -0.645. The van der Waals surface area contributed by atoms with Crippen LogP contribution in [0.3, 0.4) is 0 Å². The van der Waals surface area contributed by atoms with Crippen molar-refractivity contribution in [3.63, 3.8) is 0 Å². The molecule has 0 unspecified atom stereocenters. The van der Waals surface area contributed by atoms with Crippen LogP contribution in [0.15, 0.2) is 34.5 Å². The van der Waals surface area contributed by atoms with Crippen molar-refractivity contribution in [2.45, 2.75) is 6.92 Å². The van der Waals surface area contributed by atoms with E-state index in [4.69, 9.17) is 0 Å². The largest absolute Gasteiger partial charge is 0.368 e. The molecule has 0 atom stereocenters. The van der Waals surface area contributed by atoms with Crippen molar-refractivity contribution >= 4 is 29.0 Å². The average molecular weight is 216 g/mol. The van der Waals surface area contributed by atoms with Crippen molar-refractivity contribution in [1.29, 1.82) is 0 Å². The van der Waals surface area contributed by atoms with E-state index < -0.39 is 11.9 Å². The Bertz CT molecular complexity index is 505. The average Bonchev–Trinajstić information content (AvgIpc) is 2.59. The lowest BCUT2D eigenvalue weighted by Gasteiger charge is -2.03. The minimum absolute atomic E-state index is 0.0499. The number of amides is 3. The summed E-state index contributed by atoms with van der Waals surface area (Å²) >= 11 is 0. The predicted octanol–water partition coefficient (Wildman–Crippen LogP) is 1.06. The van der Waals surface area contributed by atoms with Gasteiger partial charge in [0, 0.05) is 6.20 Å². The summed E-state index contributed by atoms with van der Waals surface area (Å²) in [4.78, 5) is 33.4. The normalized spacial score (nSPS) is 14.4. The maximum Gasteiger partial charge on any atom is 0.368 e. The molecule has 0 radical (unpaired) electrons. The molecule has 16 heavy (non-hydrogen) atoms. The maximum atomic E-state index is 11.7. The number of aliphatic imine (C=N–C) groups is 2. The summed E-state index contributed by atoms with van der Waals surface area (Å²) in [5.41, 5.74) is 0.919. The summed E-state index contributed by atoms with van der Waals surface area (Å²) in [6.07, 6.45) is 3.10. The van der Waals surface area contributed by atoms with Gasteiger partial charge in [0.05, 0.1) is 17.6 Å². The van der Waals surface area contributed by atoms with E-state index in [1.54, 1.807) is 25.3 Å². The molecule has 80 valence electrons. The van der Waals surface area contributed by atoms with Crippen LogP contribution in [-0.4, -0.2) is 28.3 Å². The molecule has 0 aromatic carbocycles. The van der Waals surface area contributed by atoms with Crippen molar-refractivity contribution < 1.29 is 9.59 Å². The van der Waals surface area contributed by atoms with Crippen LogP contribution in [0.5, 0.6) is 0 Å². The van der Waals surface area contributed by atoms with Gasteiger partial charge in [-0.15, -0.1) is 0 Å². The minimum Gasteiger partial charge on any atom is -0.319 e. The monoisotopic (exact) mass is 216 g/mol. The maximum absolute atomic E-state index is 11.7. The standard InChI is InChI=1S/C10H8N4O2/c1-6-8(14-10(16)12-6)9(15)13-7-3-2-4-11-5-7/h2-5H,1H3,(H,13,15). The van der Waals surface area contributed by atoms with Crippen LogP contribution in [0.1, 0.15) is 6.92 Å². The second-order valence-electron chi connectivity index (χ2n) is 3.14. The fourth-order valence-corrected chi connectivity index (χ4v) is 1.24. The Morgan fingerprint density at radius 1 is 1.38 bits per heavy atom. The molecule has 0 spiro atoms. The number of carbonyl (C=O) groups is 2. The molecule has 0 saturated heterocycles. The Hall–Kier alpha value is -2.37. The summed E-state index contributed by atoms with van der Waals surface area (Å²) < 4.78 is 0. The van der Waals surface area contributed by atoms with Gasteiger partial charge in [-0.1, -0.05) is 0 Å². The van der Waals surface area contributed by atoms with Gasteiger partial charge in [-0.05, 0) is 19.1 Å². The summed E-state index contributed by atoms with van der Waals surface area (Å²) in [6.45, 7) is 1.56. The molecule has 0 saturated carbocycles. The van der Waals surface area contributed by atoms with E-state index in [-0.39, 0.29) is 5.71 Å². The number of carbonyl (C=O) groups excluding carboxylic acids is 2. The fourth-order valence-electron chi connectivity index (χ4n) is 1.24. The van der Waals surface area contributed by atoms with Crippen LogP contribution in [-0.2, 0) is 4.79 Å². The highest BCUT2D eigenvalue weighted by Crippen LogP contribution is 2.05. The first-order chi connectivity index (χ1) is 7.66. The number of anilines is 1. The molecule has 6 heteroatoms. The highest BCUT2D eigenvalue weighted by molar-refractivity contribution is 6.71. The third-order valence-electron chi connectivity index (χ3n) is 1.95. The van der Waals surface area contributed by atoms with Crippen LogP contribution >= 0.6 is 0 Å². The predicted molar refractivity (Wildman–Crippen MR) is 58.8 cm³/mol. The molecule has 3 amide bonds. The number of nitrogens with one attached hydrogen (secondary N) is 1. The molecule has 2 heterocycles.